The SMILES string of the molecule is CCCCC(CCCC)c1c(F)cccc1F. The van der Waals surface area contributed by atoms with Crippen molar-refractivity contribution in [1.29, 1.82) is 0 Å². The zero-order valence-corrected chi connectivity index (χ0v) is 10.8. The zero-order chi connectivity index (χ0) is 12.7. The van der Waals surface area contributed by atoms with Crippen molar-refractivity contribution >= 4 is 0 Å². The van der Waals surface area contributed by atoms with Gasteiger partial charge in [0.1, 0.15) is 11.6 Å². The molecule has 0 heterocycles. The van der Waals surface area contributed by atoms with E-state index in [9.17, 15) is 8.78 Å². The molecule has 17 heavy (non-hydrogen) atoms. The molecule has 0 radical (unpaired) electrons. The lowest BCUT2D eigenvalue weighted by atomic mass is 9.88. The van der Waals surface area contributed by atoms with E-state index in [-0.39, 0.29) is 17.6 Å². The Morgan fingerprint density at radius 1 is 0.941 bits per heavy atom. The van der Waals surface area contributed by atoms with Crippen LogP contribution in [0.4, 0.5) is 8.78 Å². The van der Waals surface area contributed by atoms with E-state index >= 15 is 0 Å². The Labute approximate surface area is 103 Å². The molecule has 0 unspecified atom stereocenters. The van der Waals surface area contributed by atoms with E-state index in [2.05, 4.69) is 13.8 Å². The van der Waals surface area contributed by atoms with Crippen LogP contribution in [0.25, 0.3) is 0 Å². The van der Waals surface area contributed by atoms with Gasteiger partial charge in [0.15, 0.2) is 0 Å². The highest BCUT2D eigenvalue weighted by Gasteiger charge is 2.18. The highest BCUT2D eigenvalue weighted by Crippen LogP contribution is 2.31. The molecule has 0 aromatic heterocycles. The molecule has 0 spiro atoms. The molecule has 0 saturated carbocycles. The van der Waals surface area contributed by atoms with Crippen molar-refractivity contribution in [3.8, 4) is 0 Å². The van der Waals surface area contributed by atoms with Gasteiger partial charge in [-0.05, 0) is 30.9 Å². The third-order valence-corrected chi connectivity index (χ3v) is 3.22. The van der Waals surface area contributed by atoms with Gasteiger partial charge in [-0.3, -0.25) is 0 Å². The second-order valence-corrected chi connectivity index (χ2v) is 4.62. The first kappa shape index (κ1) is 14.1. The van der Waals surface area contributed by atoms with E-state index in [1.54, 1.807) is 0 Å². The topological polar surface area (TPSA) is 0 Å². The molecule has 2 heteroatoms. The van der Waals surface area contributed by atoms with Crippen LogP contribution in [0, 0.1) is 11.6 Å². The van der Waals surface area contributed by atoms with Crippen molar-refractivity contribution in [3.05, 3.63) is 35.4 Å². The third kappa shape index (κ3) is 4.10. The number of halogens is 2. The summed E-state index contributed by atoms with van der Waals surface area (Å²) >= 11 is 0. The maximum atomic E-state index is 13.7. The molecule has 1 rings (SSSR count). The zero-order valence-electron chi connectivity index (χ0n) is 10.8. The average Bonchev–Trinajstić information content (AvgIpc) is 2.31. The molecule has 0 atom stereocenters. The summed E-state index contributed by atoms with van der Waals surface area (Å²) in [5.41, 5.74) is 0.300. The lowest BCUT2D eigenvalue weighted by Gasteiger charge is -2.18. The van der Waals surface area contributed by atoms with Gasteiger partial charge in [-0.15, -0.1) is 0 Å². The molecule has 0 nitrogen and oxygen atoms in total. The molecule has 1 aromatic carbocycles. The fourth-order valence-corrected chi connectivity index (χ4v) is 2.23. The molecule has 96 valence electrons. The Balaban J connectivity index is 2.86. The largest absolute Gasteiger partial charge is 0.207 e. The first-order chi connectivity index (χ1) is 8.20. The monoisotopic (exact) mass is 240 g/mol. The van der Waals surface area contributed by atoms with Crippen molar-refractivity contribution in [2.75, 3.05) is 0 Å². The summed E-state index contributed by atoms with van der Waals surface area (Å²) in [4.78, 5) is 0. The van der Waals surface area contributed by atoms with E-state index in [0.717, 1.165) is 38.5 Å². The molecule has 0 bridgehead atoms. The van der Waals surface area contributed by atoms with Gasteiger partial charge in [-0.1, -0.05) is 45.6 Å². The summed E-state index contributed by atoms with van der Waals surface area (Å²) in [6.07, 6.45) is 5.96. The van der Waals surface area contributed by atoms with Gasteiger partial charge in [0.05, 0.1) is 0 Å². The number of benzene rings is 1. The smallest absolute Gasteiger partial charge is 0.129 e. The third-order valence-electron chi connectivity index (χ3n) is 3.22. The Kier molecular flexibility index (Phi) is 6.17. The van der Waals surface area contributed by atoms with Crippen molar-refractivity contribution in [3.63, 3.8) is 0 Å². The molecule has 0 fully saturated rings. The highest BCUT2D eigenvalue weighted by molar-refractivity contribution is 5.23. The first-order valence-electron chi connectivity index (χ1n) is 6.64. The number of hydrogen-bond acceptors (Lipinski definition) is 0. The van der Waals surface area contributed by atoms with Crippen molar-refractivity contribution in [2.45, 2.75) is 58.3 Å². The van der Waals surface area contributed by atoms with Gasteiger partial charge in [0.2, 0.25) is 0 Å². The quantitative estimate of drug-likeness (QED) is 0.596. The summed E-state index contributed by atoms with van der Waals surface area (Å²) in [6.45, 7) is 4.21. The Hall–Kier alpha value is -0.920. The number of unbranched alkanes of at least 4 members (excludes halogenated alkanes) is 2. The number of rotatable bonds is 7. The van der Waals surface area contributed by atoms with Gasteiger partial charge < -0.3 is 0 Å². The van der Waals surface area contributed by atoms with Gasteiger partial charge in [-0.2, -0.15) is 0 Å². The van der Waals surface area contributed by atoms with Gasteiger partial charge in [0, 0.05) is 5.56 Å². The van der Waals surface area contributed by atoms with Crippen LogP contribution in [0.3, 0.4) is 0 Å². The highest BCUT2D eigenvalue weighted by atomic mass is 19.1. The van der Waals surface area contributed by atoms with Crippen LogP contribution in [0.1, 0.15) is 63.9 Å². The minimum Gasteiger partial charge on any atom is -0.207 e. The van der Waals surface area contributed by atoms with E-state index < -0.39 is 0 Å². The minimum atomic E-state index is -0.387. The summed E-state index contributed by atoms with van der Waals surface area (Å²) in [5.74, 6) is -0.736. The van der Waals surface area contributed by atoms with Crippen molar-refractivity contribution in [2.24, 2.45) is 0 Å². The van der Waals surface area contributed by atoms with E-state index in [1.807, 2.05) is 0 Å². The van der Waals surface area contributed by atoms with Crippen LogP contribution in [-0.4, -0.2) is 0 Å². The maximum Gasteiger partial charge on any atom is 0.129 e. The standard InChI is InChI=1S/C15H22F2/c1-3-5-8-12(9-6-4-2)15-13(16)10-7-11-14(15)17/h7,10-12H,3-6,8-9H2,1-2H3. The predicted octanol–water partition coefficient (Wildman–Crippen LogP) is 5.43. The second-order valence-electron chi connectivity index (χ2n) is 4.62. The predicted molar refractivity (Wildman–Crippen MR) is 68.1 cm³/mol. The molecular weight excluding hydrogens is 218 g/mol. The van der Waals surface area contributed by atoms with Crippen LogP contribution >= 0.6 is 0 Å². The van der Waals surface area contributed by atoms with Gasteiger partial charge in [-0.25, -0.2) is 8.78 Å². The fraction of sp³-hybridized carbons (Fsp3) is 0.600. The van der Waals surface area contributed by atoms with Gasteiger partial charge >= 0.3 is 0 Å². The maximum absolute atomic E-state index is 13.7. The van der Waals surface area contributed by atoms with Crippen molar-refractivity contribution < 1.29 is 8.78 Å². The molecule has 0 amide bonds. The first-order valence-corrected chi connectivity index (χ1v) is 6.64. The fourth-order valence-electron chi connectivity index (χ4n) is 2.23. The Morgan fingerprint density at radius 3 is 1.82 bits per heavy atom. The lowest BCUT2D eigenvalue weighted by Crippen LogP contribution is -2.05. The molecule has 0 saturated heterocycles. The van der Waals surface area contributed by atoms with Crippen LogP contribution in [0.2, 0.25) is 0 Å². The van der Waals surface area contributed by atoms with E-state index in [1.165, 1.54) is 18.2 Å². The molecule has 0 aliphatic heterocycles. The van der Waals surface area contributed by atoms with Crippen LogP contribution in [-0.2, 0) is 0 Å². The number of hydrogen-bond donors (Lipinski definition) is 0. The second kappa shape index (κ2) is 7.41. The summed E-state index contributed by atoms with van der Waals surface area (Å²) in [6, 6.07) is 4.16. The normalized spacial score (nSPS) is 11.1. The van der Waals surface area contributed by atoms with Crippen LogP contribution in [0.5, 0.6) is 0 Å². The molecule has 0 N–H and O–H groups in total. The van der Waals surface area contributed by atoms with Crippen LogP contribution < -0.4 is 0 Å². The molecule has 0 aliphatic rings. The molecule has 1 aromatic rings. The summed E-state index contributed by atoms with van der Waals surface area (Å²) in [7, 11) is 0. The van der Waals surface area contributed by atoms with Gasteiger partial charge in [0.25, 0.3) is 0 Å². The van der Waals surface area contributed by atoms with E-state index in [4.69, 9.17) is 0 Å². The van der Waals surface area contributed by atoms with Crippen molar-refractivity contribution in [1.82, 2.24) is 0 Å². The Bertz CT molecular complexity index is 305. The molecule has 0 aliphatic carbocycles. The minimum absolute atomic E-state index is 0.0381. The summed E-state index contributed by atoms with van der Waals surface area (Å²) in [5, 5.41) is 0. The molecular formula is C15H22F2. The lowest BCUT2D eigenvalue weighted by molar-refractivity contribution is 0.466. The Morgan fingerprint density at radius 2 is 1.41 bits per heavy atom. The average molecular weight is 240 g/mol. The van der Waals surface area contributed by atoms with Crippen LogP contribution in [0.15, 0.2) is 18.2 Å². The summed E-state index contributed by atoms with van der Waals surface area (Å²) < 4.78 is 27.4. The van der Waals surface area contributed by atoms with E-state index in [0.29, 0.717) is 5.56 Å².